The van der Waals surface area contributed by atoms with Crippen molar-refractivity contribution < 1.29 is 4.79 Å². The number of amides is 1. The van der Waals surface area contributed by atoms with Crippen molar-refractivity contribution in [3.8, 4) is 0 Å². The first kappa shape index (κ1) is 15.4. The highest BCUT2D eigenvalue weighted by Gasteiger charge is 2.30. The molecule has 2 atom stereocenters. The predicted octanol–water partition coefficient (Wildman–Crippen LogP) is 2.21. The lowest BCUT2D eigenvalue weighted by atomic mass is 10.1. The third-order valence-corrected chi connectivity index (χ3v) is 4.81. The topological polar surface area (TPSA) is 37.3 Å². The van der Waals surface area contributed by atoms with E-state index in [0.717, 1.165) is 13.0 Å². The number of likely N-dealkylation sites (tertiary alicyclic amines) is 1. The molecular formula is C15H25N3OS. The molecule has 1 saturated heterocycles. The fraction of sp³-hybridized carbons (Fsp3) is 0.667. The van der Waals surface area contributed by atoms with Gasteiger partial charge in [0.1, 0.15) is 5.66 Å². The molecule has 1 N–H and O–H groups in total. The number of thiol groups is 1. The van der Waals surface area contributed by atoms with Gasteiger partial charge in [0.15, 0.2) is 0 Å². The Kier molecular flexibility index (Phi) is 5.16. The van der Waals surface area contributed by atoms with Gasteiger partial charge < -0.3 is 9.88 Å². The summed E-state index contributed by atoms with van der Waals surface area (Å²) in [5, 5.41) is 2.90. The van der Waals surface area contributed by atoms with Gasteiger partial charge in [0, 0.05) is 24.2 Å². The summed E-state index contributed by atoms with van der Waals surface area (Å²) in [7, 11) is 0. The van der Waals surface area contributed by atoms with Crippen molar-refractivity contribution in [1.29, 1.82) is 0 Å². The number of hydrogen-bond donors (Lipinski definition) is 2. The van der Waals surface area contributed by atoms with Crippen molar-refractivity contribution in [3.05, 3.63) is 24.0 Å². The number of nitrogens with one attached hydrogen (secondary N) is 1. The van der Waals surface area contributed by atoms with Crippen LogP contribution in [0.2, 0.25) is 0 Å². The van der Waals surface area contributed by atoms with Gasteiger partial charge in [-0.05, 0) is 51.4 Å². The Balaban J connectivity index is 2.08. The lowest BCUT2D eigenvalue weighted by molar-refractivity contribution is -0.112. The fourth-order valence-corrected chi connectivity index (χ4v) is 2.94. The van der Waals surface area contributed by atoms with Crippen LogP contribution in [0, 0.1) is 0 Å². The Morgan fingerprint density at radius 2 is 2.15 bits per heavy atom. The molecule has 0 radical (unpaired) electrons. The van der Waals surface area contributed by atoms with Gasteiger partial charge in [0.25, 0.3) is 0 Å². The summed E-state index contributed by atoms with van der Waals surface area (Å²) in [6, 6.07) is 2.13. The maximum atomic E-state index is 10.9. The first-order valence-electron chi connectivity index (χ1n) is 7.35. The van der Waals surface area contributed by atoms with E-state index in [9.17, 15) is 4.79 Å². The predicted molar refractivity (Wildman–Crippen MR) is 84.9 cm³/mol. The molecule has 2 unspecified atom stereocenters. The minimum atomic E-state index is -0.495. The van der Waals surface area contributed by atoms with Crippen LogP contribution in [0.4, 0.5) is 0 Å². The molecule has 0 aromatic carbocycles. The molecule has 2 heterocycles. The van der Waals surface area contributed by atoms with Crippen molar-refractivity contribution in [2.45, 2.75) is 50.6 Å². The second-order valence-electron chi connectivity index (χ2n) is 5.85. The van der Waals surface area contributed by atoms with Gasteiger partial charge in [0.05, 0.1) is 0 Å². The minimum absolute atomic E-state index is 0.0166. The zero-order valence-electron chi connectivity index (χ0n) is 12.4. The Morgan fingerprint density at radius 1 is 1.45 bits per heavy atom. The second kappa shape index (κ2) is 6.68. The fourth-order valence-electron chi connectivity index (χ4n) is 2.73. The van der Waals surface area contributed by atoms with Crippen LogP contribution in [0.25, 0.3) is 0 Å². The molecule has 1 aromatic heterocycles. The lowest BCUT2D eigenvalue weighted by Gasteiger charge is -2.34. The molecule has 1 aliphatic rings. The molecule has 5 heteroatoms. The molecular weight excluding hydrogens is 270 g/mol. The first-order valence-corrected chi connectivity index (χ1v) is 7.87. The monoisotopic (exact) mass is 295 g/mol. The number of nitrogens with zero attached hydrogens (tertiary/aromatic N) is 2. The van der Waals surface area contributed by atoms with Gasteiger partial charge in [0.2, 0.25) is 6.41 Å². The molecule has 112 valence electrons. The zero-order chi connectivity index (χ0) is 14.6. The van der Waals surface area contributed by atoms with Gasteiger partial charge in [-0.2, -0.15) is 12.6 Å². The smallest absolute Gasteiger partial charge is 0.208 e. The second-order valence-corrected chi connectivity index (χ2v) is 6.62. The highest BCUT2D eigenvalue weighted by Crippen LogP contribution is 2.23. The van der Waals surface area contributed by atoms with Crippen LogP contribution in [0.15, 0.2) is 18.5 Å². The Morgan fingerprint density at radius 3 is 2.75 bits per heavy atom. The first-order chi connectivity index (χ1) is 9.56. The van der Waals surface area contributed by atoms with E-state index in [0.29, 0.717) is 0 Å². The average molecular weight is 295 g/mol. The minimum Gasteiger partial charge on any atom is -0.335 e. The largest absolute Gasteiger partial charge is 0.335 e. The maximum absolute atomic E-state index is 10.9. The molecule has 4 nitrogen and oxygen atoms in total. The van der Waals surface area contributed by atoms with E-state index in [4.69, 9.17) is 0 Å². The van der Waals surface area contributed by atoms with Crippen LogP contribution in [-0.4, -0.2) is 34.2 Å². The van der Waals surface area contributed by atoms with Crippen molar-refractivity contribution in [2.75, 3.05) is 13.1 Å². The third-order valence-electron chi connectivity index (χ3n) is 4.31. The molecule has 2 rings (SSSR count). The highest BCUT2D eigenvalue weighted by molar-refractivity contribution is 7.81. The number of carbonyl (C=O) groups is 1. The molecule has 1 aromatic rings. The summed E-state index contributed by atoms with van der Waals surface area (Å²) >= 11 is 4.51. The standard InChI is InChI=1S/C15H25N3OS/c1-13(20)15(2,16-12-19)18-9-6-14(11-18)10-17-7-4-3-5-8-17/h6,9,11-13,20H,3-5,7-8,10H2,1-2H3,(H,16,19). The lowest BCUT2D eigenvalue weighted by Crippen LogP contribution is -2.49. The molecule has 0 saturated carbocycles. The summed E-state index contributed by atoms with van der Waals surface area (Å²) in [5.41, 5.74) is 0.796. The van der Waals surface area contributed by atoms with Crippen molar-refractivity contribution >= 4 is 19.0 Å². The van der Waals surface area contributed by atoms with Gasteiger partial charge in [-0.25, -0.2) is 0 Å². The van der Waals surface area contributed by atoms with Gasteiger partial charge >= 0.3 is 0 Å². The number of piperidine rings is 1. The van der Waals surface area contributed by atoms with E-state index in [2.05, 4.69) is 39.7 Å². The third kappa shape index (κ3) is 3.38. The van der Waals surface area contributed by atoms with Crippen LogP contribution >= 0.6 is 12.6 Å². The van der Waals surface area contributed by atoms with Crippen LogP contribution < -0.4 is 5.32 Å². The Bertz CT molecular complexity index is 440. The van der Waals surface area contributed by atoms with E-state index in [1.165, 1.54) is 37.9 Å². The van der Waals surface area contributed by atoms with Crippen molar-refractivity contribution in [2.24, 2.45) is 0 Å². The quantitative estimate of drug-likeness (QED) is 0.624. The van der Waals surface area contributed by atoms with Gasteiger partial charge in [-0.15, -0.1) is 0 Å². The number of carbonyl (C=O) groups excluding carboxylic acids is 1. The Labute approximate surface area is 126 Å². The molecule has 1 fully saturated rings. The van der Waals surface area contributed by atoms with E-state index >= 15 is 0 Å². The van der Waals surface area contributed by atoms with E-state index in [1.807, 2.05) is 20.0 Å². The molecule has 0 spiro atoms. The molecule has 20 heavy (non-hydrogen) atoms. The average Bonchev–Trinajstić information content (AvgIpc) is 2.89. The normalized spacial score (nSPS) is 21.1. The molecule has 1 aliphatic heterocycles. The number of rotatable bonds is 6. The zero-order valence-corrected chi connectivity index (χ0v) is 13.3. The van der Waals surface area contributed by atoms with E-state index in [-0.39, 0.29) is 5.25 Å². The SMILES string of the molecule is CC(S)C(C)(NC=O)n1ccc(CN2CCCCC2)c1. The van der Waals surface area contributed by atoms with Gasteiger partial charge in [-0.3, -0.25) is 9.69 Å². The summed E-state index contributed by atoms with van der Waals surface area (Å²) in [4.78, 5) is 13.4. The van der Waals surface area contributed by atoms with Crippen molar-refractivity contribution in [3.63, 3.8) is 0 Å². The highest BCUT2D eigenvalue weighted by atomic mass is 32.1. The molecule has 0 bridgehead atoms. The van der Waals surface area contributed by atoms with Crippen LogP contribution in [0.3, 0.4) is 0 Å². The summed E-state index contributed by atoms with van der Waals surface area (Å²) in [6.45, 7) is 7.36. The van der Waals surface area contributed by atoms with Crippen molar-refractivity contribution in [1.82, 2.24) is 14.8 Å². The number of hydrogen-bond acceptors (Lipinski definition) is 3. The maximum Gasteiger partial charge on any atom is 0.208 e. The molecule has 0 aliphatic carbocycles. The molecule has 1 amide bonds. The summed E-state index contributed by atoms with van der Waals surface area (Å²) in [6.07, 6.45) is 8.87. The van der Waals surface area contributed by atoms with Crippen LogP contribution in [0.1, 0.15) is 38.7 Å². The van der Waals surface area contributed by atoms with Crippen LogP contribution in [0.5, 0.6) is 0 Å². The summed E-state index contributed by atoms with van der Waals surface area (Å²) in [5.74, 6) is 0. The van der Waals surface area contributed by atoms with E-state index < -0.39 is 5.66 Å². The number of aromatic nitrogens is 1. The van der Waals surface area contributed by atoms with Crippen LogP contribution in [-0.2, 0) is 17.0 Å². The Hall–Kier alpha value is -0.940. The summed E-state index contributed by atoms with van der Waals surface area (Å²) < 4.78 is 2.05. The van der Waals surface area contributed by atoms with E-state index in [1.54, 1.807) is 0 Å². The van der Waals surface area contributed by atoms with Gasteiger partial charge in [-0.1, -0.05) is 6.42 Å².